The van der Waals surface area contributed by atoms with Gasteiger partial charge in [-0.05, 0) is 4.47 Å². The van der Waals surface area contributed by atoms with Gasteiger partial charge in [0.15, 0.2) is 0 Å². The molecule has 0 fully saturated rings. The molecule has 0 aromatic heterocycles. The molecule has 0 heterocycles. The molecule has 1 aromatic rings. The molecule has 0 radical (unpaired) electrons. The molecule has 0 nitrogen and oxygen atoms in total. The second-order valence-corrected chi connectivity index (χ2v) is 4.34. The van der Waals surface area contributed by atoms with E-state index in [-0.39, 0.29) is 40.4 Å². The second kappa shape index (κ2) is 5.93. The fraction of sp³-hybridized carbons (Fsp3) is 0.300. The van der Waals surface area contributed by atoms with Crippen LogP contribution in [0.15, 0.2) is 16.6 Å². The summed E-state index contributed by atoms with van der Waals surface area (Å²) in [5, 5.41) is 0.812. The van der Waals surface area contributed by atoms with E-state index in [4.69, 9.17) is 11.6 Å². The molecule has 0 amide bonds. The number of halogens is 2. The molecule has 72 valence electrons. The first-order valence-electron chi connectivity index (χ1n) is 3.78. The van der Waals surface area contributed by atoms with Crippen LogP contribution in [0.5, 0.6) is 0 Å². The number of rotatable bonds is 1. The van der Waals surface area contributed by atoms with Crippen LogP contribution in [-0.2, 0) is 0 Å². The zero-order valence-electron chi connectivity index (χ0n) is 7.82. The average molecular weight is 397 g/mol. The Morgan fingerprint density at radius 2 is 1.85 bits per heavy atom. The first-order chi connectivity index (χ1) is 5.52. The second-order valence-electron chi connectivity index (χ2n) is 3.08. The van der Waals surface area contributed by atoms with Crippen molar-refractivity contribution in [3.05, 3.63) is 38.7 Å². The Labute approximate surface area is 126 Å². The molecule has 0 atom stereocenters. The van der Waals surface area contributed by atoms with Gasteiger partial charge < -0.3 is 0 Å². The summed E-state index contributed by atoms with van der Waals surface area (Å²) >= 11 is 9.48. The smallest absolute Gasteiger partial charge is 0 e. The van der Waals surface area contributed by atoms with E-state index < -0.39 is 0 Å². The van der Waals surface area contributed by atoms with E-state index in [2.05, 4.69) is 42.8 Å². The third-order valence-electron chi connectivity index (χ3n) is 1.79. The Bertz CT molecular complexity index is 297. The van der Waals surface area contributed by atoms with Crippen LogP contribution in [0.2, 0.25) is 5.02 Å². The van der Waals surface area contributed by atoms with Crippen LogP contribution in [0.25, 0.3) is 0 Å². The zero-order chi connectivity index (χ0) is 9.30. The number of aryl methyl sites for hydroxylation is 1. The summed E-state index contributed by atoms with van der Waals surface area (Å²) in [6.07, 6.45) is 0. The molecule has 0 N–H and O–H groups in total. The van der Waals surface area contributed by atoms with Gasteiger partial charge in [0.1, 0.15) is 0 Å². The third-order valence-corrected chi connectivity index (χ3v) is 2.95. The minimum Gasteiger partial charge on any atom is -0.174 e. The summed E-state index contributed by atoms with van der Waals surface area (Å²) in [5.41, 5.74) is 2.35. The molecular formula is C10H11BrClSm-. The first-order valence-corrected chi connectivity index (χ1v) is 4.95. The van der Waals surface area contributed by atoms with Crippen LogP contribution in [0.1, 0.15) is 25.0 Å². The molecule has 0 bridgehead atoms. The van der Waals surface area contributed by atoms with Gasteiger partial charge >= 0.3 is 0 Å². The topological polar surface area (TPSA) is 0 Å². The number of hydrogen-bond acceptors (Lipinski definition) is 0. The molecule has 0 saturated heterocycles. The van der Waals surface area contributed by atoms with E-state index in [0.29, 0.717) is 0 Å². The van der Waals surface area contributed by atoms with Crippen molar-refractivity contribution in [2.45, 2.75) is 20.8 Å². The van der Waals surface area contributed by atoms with Gasteiger partial charge in [0.05, 0.1) is 0 Å². The van der Waals surface area contributed by atoms with Gasteiger partial charge in [-0.15, -0.1) is 0 Å². The average Bonchev–Trinajstić information content (AvgIpc) is 1.96. The number of benzene rings is 1. The fourth-order valence-electron chi connectivity index (χ4n) is 1.04. The van der Waals surface area contributed by atoms with Gasteiger partial charge in [-0.2, -0.15) is 29.1 Å². The summed E-state index contributed by atoms with van der Waals surface area (Å²) in [4.78, 5) is 0. The van der Waals surface area contributed by atoms with Crippen molar-refractivity contribution in [1.82, 2.24) is 0 Å². The number of hydrogen-bond donors (Lipinski definition) is 0. The molecule has 0 spiro atoms. The predicted molar refractivity (Wildman–Crippen MR) is 57.6 cm³/mol. The van der Waals surface area contributed by atoms with E-state index in [1.165, 1.54) is 11.5 Å². The van der Waals surface area contributed by atoms with E-state index in [0.717, 1.165) is 15.1 Å². The van der Waals surface area contributed by atoms with Crippen molar-refractivity contribution in [2.75, 3.05) is 0 Å². The normalized spacial score (nSPS) is 9.31. The molecule has 0 aliphatic rings. The molecule has 0 aliphatic carbocycles. The fourth-order valence-corrected chi connectivity index (χ4v) is 1.87. The summed E-state index contributed by atoms with van der Waals surface area (Å²) < 4.78 is 1.07. The van der Waals surface area contributed by atoms with Crippen molar-refractivity contribution in [1.29, 1.82) is 0 Å². The molecule has 0 unspecified atom stereocenters. The summed E-state index contributed by atoms with van der Waals surface area (Å²) in [5.74, 6) is 1.25. The molecule has 0 aliphatic heterocycles. The van der Waals surface area contributed by atoms with Gasteiger partial charge in [-0.3, -0.25) is 0 Å². The SMILES string of the molecule is Cc1cc([C-](C)C)c(Cl)cc1Br.[Sm]. The monoisotopic (exact) mass is 397 g/mol. The largest absolute Gasteiger partial charge is 0.174 e. The maximum absolute atomic E-state index is 6.05. The molecule has 0 saturated carbocycles. The maximum Gasteiger partial charge on any atom is 0 e. The Balaban J connectivity index is 0.00000144. The molecule has 13 heavy (non-hydrogen) atoms. The van der Waals surface area contributed by atoms with E-state index in [9.17, 15) is 0 Å². The van der Waals surface area contributed by atoms with Crippen LogP contribution >= 0.6 is 27.5 Å². The van der Waals surface area contributed by atoms with Crippen LogP contribution < -0.4 is 0 Å². The molecular weight excluding hydrogens is 386 g/mol. The summed E-state index contributed by atoms with van der Waals surface area (Å²) in [7, 11) is 0. The van der Waals surface area contributed by atoms with Gasteiger partial charge in [0.25, 0.3) is 0 Å². The van der Waals surface area contributed by atoms with E-state index in [1.807, 2.05) is 6.07 Å². The van der Waals surface area contributed by atoms with Crippen LogP contribution in [0.4, 0.5) is 0 Å². The van der Waals surface area contributed by atoms with Crippen molar-refractivity contribution in [3.63, 3.8) is 0 Å². The minimum absolute atomic E-state index is 0. The van der Waals surface area contributed by atoms with Gasteiger partial charge in [0, 0.05) is 40.4 Å². The van der Waals surface area contributed by atoms with Crippen molar-refractivity contribution < 1.29 is 40.4 Å². The standard InChI is InChI=1S/C10H11BrCl.Sm/c1-6(2)8-4-7(3)9(11)5-10(8)12;/h4-5H,1-3H3;/q-1;. The Hall–Kier alpha value is 1.20. The quantitative estimate of drug-likeness (QED) is 0.618. The van der Waals surface area contributed by atoms with E-state index in [1.54, 1.807) is 0 Å². The van der Waals surface area contributed by atoms with Crippen molar-refractivity contribution >= 4 is 27.5 Å². The first kappa shape index (κ1) is 14.2. The van der Waals surface area contributed by atoms with Crippen LogP contribution in [0, 0.1) is 53.2 Å². The zero-order valence-corrected chi connectivity index (χ0v) is 12.8. The molecule has 3 heteroatoms. The third kappa shape index (κ3) is 3.68. The van der Waals surface area contributed by atoms with Crippen molar-refractivity contribution in [2.24, 2.45) is 0 Å². The summed E-state index contributed by atoms with van der Waals surface area (Å²) in [6, 6.07) is 4.04. The molecule has 1 rings (SSSR count). The Morgan fingerprint density at radius 3 is 2.31 bits per heavy atom. The van der Waals surface area contributed by atoms with Gasteiger partial charge in [0.2, 0.25) is 0 Å². The van der Waals surface area contributed by atoms with Crippen LogP contribution in [-0.4, -0.2) is 0 Å². The molecule has 1 aromatic carbocycles. The van der Waals surface area contributed by atoms with Gasteiger partial charge in [-0.1, -0.05) is 53.4 Å². The maximum atomic E-state index is 6.05. The Morgan fingerprint density at radius 1 is 1.31 bits per heavy atom. The summed E-state index contributed by atoms with van der Waals surface area (Å²) in [6.45, 7) is 6.19. The van der Waals surface area contributed by atoms with E-state index >= 15 is 0 Å². The van der Waals surface area contributed by atoms with Gasteiger partial charge in [-0.25, -0.2) is 0 Å². The van der Waals surface area contributed by atoms with Crippen LogP contribution in [0.3, 0.4) is 0 Å². The van der Waals surface area contributed by atoms with Crippen molar-refractivity contribution in [3.8, 4) is 0 Å². The Kier molecular flexibility index (Phi) is 6.48. The minimum atomic E-state index is 0. The predicted octanol–water partition coefficient (Wildman–Crippen LogP) is 4.37.